The third-order valence-electron chi connectivity index (χ3n) is 1.52. The van der Waals surface area contributed by atoms with Crippen molar-refractivity contribution in [1.82, 2.24) is 5.32 Å². The lowest BCUT2D eigenvalue weighted by atomic mass is 10.5. The highest BCUT2D eigenvalue weighted by atomic mass is 79.9. The minimum absolute atomic E-state index is 0.00130. The van der Waals surface area contributed by atoms with Crippen LogP contribution in [0.3, 0.4) is 0 Å². The monoisotopic (exact) mass is 297 g/mol. The summed E-state index contributed by atoms with van der Waals surface area (Å²) in [6.07, 6.45) is 0.00130. The second kappa shape index (κ2) is 10.8. The molecule has 2 N–H and O–H groups in total. The number of rotatable bonds is 10. The summed E-state index contributed by atoms with van der Waals surface area (Å²) in [5.41, 5.74) is 0. The Labute approximate surface area is 102 Å². The molecule has 0 heterocycles. The van der Waals surface area contributed by atoms with E-state index in [-0.39, 0.29) is 24.3 Å². The van der Waals surface area contributed by atoms with Crippen molar-refractivity contribution in [2.75, 3.05) is 38.3 Å². The molecule has 0 fully saturated rings. The van der Waals surface area contributed by atoms with E-state index in [2.05, 4.69) is 21.2 Å². The molecule has 0 unspecified atom stereocenters. The Balaban J connectivity index is 3.04. The van der Waals surface area contributed by atoms with Crippen LogP contribution in [0, 0.1) is 0 Å². The van der Waals surface area contributed by atoms with Crippen LogP contribution in [-0.2, 0) is 19.1 Å². The fraction of sp³-hybridized carbons (Fsp3) is 0.778. The van der Waals surface area contributed by atoms with Crippen LogP contribution < -0.4 is 5.32 Å². The minimum atomic E-state index is -0.876. The van der Waals surface area contributed by atoms with Gasteiger partial charge in [-0.25, -0.2) is 0 Å². The first-order chi connectivity index (χ1) is 7.66. The molecular formula is C9H16BrNO5. The first-order valence-electron chi connectivity index (χ1n) is 4.86. The van der Waals surface area contributed by atoms with Crippen molar-refractivity contribution in [3.05, 3.63) is 0 Å². The molecule has 0 radical (unpaired) electrons. The standard InChI is InChI=1S/C9H16BrNO5/c10-7-8(12)11-2-4-16-6-5-15-3-1-9(13)14/h1-7H2,(H,11,12)(H,13,14). The van der Waals surface area contributed by atoms with E-state index in [9.17, 15) is 9.59 Å². The normalized spacial score (nSPS) is 10.1. The van der Waals surface area contributed by atoms with Crippen molar-refractivity contribution < 1.29 is 24.2 Å². The molecule has 0 aliphatic carbocycles. The van der Waals surface area contributed by atoms with Gasteiger partial charge in [-0.3, -0.25) is 9.59 Å². The fourth-order valence-electron chi connectivity index (χ4n) is 0.791. The molecule has 16 heavy (non-hydrogen) atoms. The number of carbonyl (C=O) groups is 2. The van der Waals surface area contributed by atoms with E-state index in [1.54, 1.807) is 0 Å². The first kappa shape index (κ1) is 15.3. The van der Waals surface area contributed by atoms with Gasteiger partial charge in [0.2, 0.25) is 5.91 Å². The van der Waals surface area contributed by atoms with Crippen LogP contribution in [0.25, 0.3) is 0 Å². The van der Waals surface area contributed by atoms with Crippen molar-refractivity contribution >= 4 is 27.8 Å². The molecule has 0 aliphatic heterocycles. The summed E-state index contributed by atoms with van der Waals surface area (Å²) in [5, 5.41) is 11.2. The maximum atomic E-state index is 10.8. The maximum Gasteiger partial charge on any atom is 0.305 e. The second-order valence-corrected chi connectivity index (χ2v) is 3.41. The lowest BCUT2D eigenvalue weighted by Crippen LogP contribution is -2.28. The fourth-order valence-corrected chi connectivity index (χ4v) is 0.990. The molecule has 0 aromatic carbocycles. The molecule has 0 aliphatic rings. The van der Waals surface area contributed by atoms with Crippen molar-refractivity contribution in [3.8, 4) is 0 Å². The van der Waals surface area contributed by atoms with Gasteiger partial charge in [0.15, 0.2) is 0 Å². The van der Waals surface area contributed by atoms with Crippen LogP contribution >= 0.6 is 15.9 Å². The molecule has 1 amide bonds. The topological polar surface area (TPSA) is 84.9 Å². The summed E-state index contributed by atoms with van der Waals surface area (Å²) in [7, 11) is 0. The highest BCUT2D eigenvalue weighted by molar-refractivity contribution is 9.09. The Morgan fingerprint density at radius 3 is 2.31 bits per heavy atom. The molecule has 6 nitrogen and oxygen atoms in total. The summed E-state index contributed by atoms with van der Waals surface area (Å²) >= 11 is 3.02. The molecule has 0 aromatic rings. The molecule has 0 bridgehead atoms. The van der Waals surface area contributed by atoms with Gasteiger partial charge in [-0.1, -0.05) is 15.9 Å². The zero-order chi connectivity index (χ0) is 12.2. The molecule has 94 valence electrons. The average Bonchev–Trinajstić information content (AvgIpc) is 2.26. The van der Waals surface area contributed by atoms with E-state index in [1.807, 2.05) is 0 Å². The first-order valence-corrected chi connectivity index (χ1v) is 5.99. The van der Waals surface area contributed by atoms with Crippen LogP contribution in [0.4, 0.5) is 0 Å². The van der Waals surface area contributed by atoms with Crippen LogP contribution in [0.5, 0.6) is 0 Å². The van der Waals surface area contributed by atoms with Gasteiger partial charge >= 0.3 is 5.97 Å². The van der Waals surface area contributed by atoms with E-state index in [1.165, 1.54) is 0 Å². The van der Waals surface area contributed by atoms with E-state index in [4.69, 9.17) is 14.6 Å². The van der Waals surface area contributed by atoms with Gasteiger partial charge in [-0.2, -0.15) is 0 Å². The number of ether oxygens (including phenoxy) is 2. The number of carboxylic acid groups (broad SMARTS) is 1. The number of aliphatic carboxylic acids is 1. The molecular weight excluding hydrogens is 282 g/mol. The zero-order valence-electron chi connectivity index (χ0n) is 8.91. The summed E-state index contributed by atoms with van der Waals surface area (Å²) in [5.74, 6) is -0.959. The number of amides is 1. The molecule has 0 rings (SSSR count). The van der Waals surface area contributed by atoms with Crippen LogP contribution in [0.15, 0.2) is 0 Å². The number of halogens is 1. The highest BCUT2D eigenvalue weighted by Gasteiger charge is 1.97. The third-order valence-corrected chi connectivity index (χ3v) is 2.03. The number of carbonyl (C=O) groups excluding carboxylic acids is 1. The van der Waals surface area contributed by atoms with Crippen LogP contribution in [0.2, 0.25) is 0 Å². The molecule has 0 aromatic heterocycles. The number of carboxylic acids is 1. The Morgan fingerprint density at radius 1 is 1.12 bits per heavy atom. The van der Waals surface area contributed by atoms with E-state index in [0.29, 0.717) is 26.4 Å². The Kier molecular flexibility index (Phi) is 10.4. The number of hydrogen-bond acceptors (Lipinski definition) is 4. The van der Waals surface area contributed by atoms with Gasteiger partial charge in [0.05, 0.1) is 38.2 Å². The average molecular weight is 298 g/mol. The van der Waals surface area contributed by atoms with Crippen molar-refractivity contribution in [1.29, 1.82) is 0 Å². The predicted molar refractivity (Wildman–Crippen MR) is 60.7 cm³/mol. The second-order valence-electron chi connectivity index (χ2n) is 2.85. The van der Waals surface area contributed by atoms with Crippen molar-refractivity contribution in [3.63, 3.8) is 0 Å². The molecule has 0 atom stereocenters. The Bertz CT molecular complexity index is 212. The molecule has 0 spiro atoms. The van der Waals surface area contributed by atoms with Gasteiger partial charge in [0, 0.05) is 6.54 Å². The van der Waals surface area contributed by atoms with Gasteiger partial charge in [0.25, 0.3) is 0 Å². The molecule has 0 saturated carbocycles. The predicted octanol–water partition coefficient (Wildman–Crippen LogP) is 0.00540. The Morgan fingerprint density at radius 2 is 1.75 bits per heavy atom. The molecule has 7 heteroatoms. The summed E-state index contributed by atoms with van der Waals surface area (Å²) in [4.78, 5) is 20.9. The van der Waals surface area contributed by atoms with E-state index >= 15 is 0 Å². The summed E-state index contributed by atoms with van der Waals surface area (Å²) < 4.78 is 10.1. The summed E-state index contributed by atoms with van der Waals surface area (Å²) in [6.45, 7) is 1.82. The Hall–Kier alpha value is -0.660. The van der Waals surface area contributed by atoms with Gasteiger partial charge in [0.1, 0.15) is 0 Å². The van der Waals surface area contributed by atoms with E-state index in [0.717, 1.165) is 0 Å². The van der Waals surface area contributed by atoms with Crippen LogP contribution in [0.1, 0.15) is 6.42 Å². The maximum absolute atomic E-state index is 10.8. The van der Waals surface area contributed by atoms with Crippen molar-refractivity contribution in [2.24, 2.45) is 0 Å². The lowest BCUT2D eigenvalue weighted by Gasteiger charge is -2.05. The minimum Gasteiger partial charge on any atom is -0.481 e. The van der Waals surface area contributed by atoms with Gasteiger partial charge in [-0.05, 0) is 0 Å². The molecule has 0 saturated heterocycles. The highest BCUT2D eigenvalue weighted by Crippen LogP contribution is 1.84. The third kappa shape index (κ3) is 11.4. The number of nitrogens with one attached hydrogen (secondary N) is 1. The number of alkyl halides is 1. The van der Waals surface area contributed by atoms with Gasteiger partial charge < -0.3 is 19.9 Å². The van der Waals surface area contributed by atoms with E-state index < -0.39 is 5.97 Å². The summed E-state index contributed by atoms with van der Waals surface area (Å²) in [6, 6.07) is 0. The zero-order valence-corrected chi connectivity index (χ0v) is 10.5. The van der Waals surface area contributed by atoms with Gasteiger partial charge in [-0.15, -0.1) is 0 Å². The van der Waals surface area contributed by atoms with Crippen LogP contribution in [-0.4, -0.2) is 55.3 Å². The van der Waals surface area contributed by atoms with Crippen molar-refractivity contribution in [2.45, 2.75) is 6.42 Å². The SMILES string of the molecule is O=C(O)CCOCCOCCNC(=O)CBr. The lowest BCUT2D eigenvalue weighted by molar-refractivity contribution is -0.138. The number of hydrogen-bond donors (Lipinski definition) is 2. The largest absolute Gasteiger partial charge is 0.481 e. The smallest absolute Gasteiger partial charge is 0.305 e. The quantitative estimate of drug-likeness (QED) is 0.438.